The summed E-state index contributed by atoms with van der Waals surface area (Å²) in [6.07, 6.45) is 4.79. The van der Waals surface area contributed by atoms with Gasteiger partial charge in [-0.25, -0.2) is 4.79 Å². The van der Waals surface area contributed by atoms with Crippen LogP contribution in [0.3, 0.4) is 0 Å². The molecule has 162 valence electrons. The van der Waals surface area contributed by atoms with Crippen LogP contribution in [0.5, 0.6) is 0 Å². The van der Waals surface area contributed by atoms with E-state index in [1.165, 1.54) is 22.3 Å². The highest BCUT2D eigenvalue weighted by atomic mass is 16.5. The highest BCUT2D eigenvalue weighted by molar-refractivity contribution is 5.96. The molecule has 1 aliphatic carbocycles. The first-order valence-electron chi connectivity index (χ1n) is 11.1. The number of amides is 1. The number of Topliss-reactive ketones (excluding diaryl/α,β-unsaturated/α-hetero) is 1. The molecule has 0 fully saturated rings. The lowest BCUT2D eigenvalue weighted by atomic mass is 9.98. The van der Waals surface area contributed by atoms with Gasteiger partial charge in [-0.05, 0) is 34.2 Å². The van der Waals surface area contributed by atoms with E-state index in [-0.39, 0.29) is 11.7 Å². The van der Waals surface area contributed by atoms with Gasteiger partial charge in [-0.2, -0.15) is 0 Å². The Morgan fingerprint density at radius 3 is 2.16 bits per heavy atom. The molecule has 0 saturated carbocycles. The summed E-state index contributed by atoms with van der Waals surface area (Å²) in [5.41, 5.74) is 6.61. The van der Waals surface area contributed by atoms with Gasteiger partial charge in [-0.15, -0.1) is 0 Å². The molecular formula is C28H27NO3. The molecule has 0 unspecified atom stereocenters. The van der Waals surface area contributed by atoms with Crippen molar-refractivity contribution >= 4 is 18.0 Å². The van der Waals surface area contributed by atoms with E-state index < -0.39 is 6.09 Å². The Labute approximate surface area is 188 Å². The molecular weight excluding hydrogens is 398 g/mol. The summed E-state index contributed by atoms with van der Waals surface area (Å²) in [4.78, 5) is 23.9. The van der Waals surface area contributed by atoms with E-state index in [9.17, 15) is 9.59 Å². The summed E-state index contributed by atoms with van der Waals surface area (Å²) in [6.45, 7) is 2.68. The summed E-state index contributed by atoms with van der Waals surface area (Å²) in [5, 5.41) is 2.82. The lowest BCUT2D eigenvalue weighted by Crippen LogP contribution is -2.26. The highest BCUT2D eigenvalue weighted by Crippen LogP contribution is 2.44. The second-order valence-corrected chi connectivity index (χ2v) is 7.84. The molecule has 4 heteroatoms. The highest BCUT2D eigenvalue weighted by Gasteiger charge is 2.28. The Bertz CT molecular complexity index is 1090. The van der Waals surface area contributed by atoms with E-state index >= 15 is 0 Å². The van der Waals surface area contributed by atoms with E-state index in [2.05, 4.69) is 29.6 Å². The van der Waals surface area contributed by atoms with Gasteiger partial charge in [0.1, 0.15) is 6.61 Å². The Kier molecular flexibility index (Phi) is 6.81. The molecule has 1 amide bonds. The topological polar surface area (TPSA) is 55.4 Å². The summed E-state index contributed by atoms with van der Waals surface area (Å²) >= 11 is 0. The fraction of sp³-hybridized carbons (Fsp3) is 0.214. The van der Waals surface area contributed by atoms with Crippen LogP contribution in [0.2, 0.25) is 0 Å². The van der Waals surface area contributed by atoms with Crippen molar-refractivity contribution in [2.75, 3.05) is 13.2 Å². The number of carbonyl (C=O) groups is 2. The zero-order chi connectivity index (χ0) is 22.3. The molecule has 0 bridgehead atoms. The number of hydrogen-bond acceptors (Lipinski definition) is 3. The molecule has 0 radical (unpaired) electrons. The monoisotopic (exact) mass is 425 g/mol. The van der Waals surface area contributed by atoms with Gasteiger partial charge in [0.2, 0.25) is 0 Å². The average molecular weight is 426 g/mol. The van der Waals surface area contributed by atoms with E-state index in [0.29, 0.717) is 26.0 Å². The average Bonchev–Trinajstić information content (AvgIpc) is 3.16. The third kappa shape index (κ3) is 4.80. The van der Waals surface area contributed by atoms with E-state index in [1.807, 2.05) is 67.6 Å². The Morgan fingerprint density at radius 1 is 0.906 bits per heavy atom. The van der Waals surface area contributed by atoms with Gasteiger partial charge in [0, 0.05) is 24.4 Å². The maximum atomic E-state index is 12.2. The van der Waals surface area contributed by atoms with Crippen LogP contribution < -0.4 is 5.32 Å². The van der Waals surface area contributed by atoms with Crippen molar-refractivity contribution in [1.82, 2.24) is 5.32 Å². The molecule has 4 rings (SSSR count). The fourth-order valence-corrected chi connectivity index (χ4v) is 4.11. The van der Waals surface area contributed by atoms with Crippen molar-refractivity contribution in [3.63, 3.8) is 0 Å². The molecule has 1 aliphatic rings. The van der Waals surface area contributed by atoms with Crippen LogP contribution in [0, 0.1) is 0 Å². The molecule has 0 heterocycles. The lowest BCUT2D eigenvalue weighted by molar-refractivity contribution is 0.0988. The maximum absolute atomic E-state index is 12.2. The van der Waals surface area contributed by atoms with Crippen LogP contribution in [-0.4, -0.2) is 25.0 Å². The van der Waals surface area contributed by atoms with Crippen LogP contribution in [0.4, 0.5) is 4.79 Å². The molecule has 0 atom stereocenters. The van der Waals surface area contributed by atoms with Gasteiger partial charge >= 0.3 is 6.09 Å². The number of hydrogen-bond donors (Lipinski definition) is 1. The van der Waals surface area contributed by atoms with Crippen molar-refractivity contribution < 1.29 is 14.3 Å². The van der Waals surface area contributed by atoms with Crippen molar-refractivity contribution in [3.05, 3.63) is 101 Å². The molecule has 3 aromatic rings. The summed E-state index contributed by atoms with van der Waals surface area (Å²) < 4.78 is 5.54. The molecule has 3 aromatic carbocycles. The van der Waals surface area contributed by atoms with Crippen LogP contribution in [0.1, 0.15) is 52.7 Å². The predicted molar refractivity (Wildman–Crippen MR) is 128 cm³/mol. The smallest absolute Gasteiger partial charge is 0.407 e. The van der Waals surface area contributed by atoms with E-state index in [0.717, 1.165) is 11.1 Å². The van der Waals surface area contributed by atoms with E-state index in [4.69, 9.17) is 4.74 Å². The predicted octanol–water partition coefficient (Wildman–Crippen LogP) is 6.22. The zero-order valence-corrected chi connectivity index (χ0v) is 18.2. The van der Waals surface area contributed by atoms with E-state index in [1.54, 1.807) is 0 Å². The van der Waals surface area contributed by atoms with Crippen LogP contribution in [0.15, 0.2) is 78.9 Å². The van der Waals surface area contributed by atoms with Gasteiger partial charge in [0.25, 0.3) is 0 Å². The van der Waals surface area contributed by atoms with Crippen LogP contribution in [0.25, 0.3) is 17.2 Å². The molecule has 0 spiro atoms. The number of alkyl carbamates (subject to hydrolysis) is 1. The summed E-state index contributed by atoms with van der Waals surface area (Å²) in [5.74, 6) is 0.212. The number of carbonyl (C=O) groups excluding carboxylic acids is 2. The van der Waals surface area contributed by atoms with Crippen molar-refractivity contribution in [3.8, 4) is 11.1 Å². The molecule has 0 aromatic heterocycles. The minimum atomic E-state index is -0.400. The molecule has 0 saturated heterocycles. The Hall–Kier alpha value is -3.66. The quantitative estimate of drug-likeness (QED) is 0.344. The largest absolute Gasteiger partial charge is 0.449 e. The lowest BCUT2D eigenvalue weighted by Gasteiger charge is -2.14. The van der Waals surface area contributed by atoms with Crippen molar-refractivity contribution in [1.29, 1.82) is 0 Å². The van der Waals surface area contributed by atoms with Gasteiger partial charge in [0.05, 0.1) is 0 Å². The standard InChI is InChI=1S/C28H27NO3/c1-2-27(30)21-16-14-20(15-17-21)9-7-8-18-29-28(31)32-19-26-24-12-5-3-10-22(24)23-11-4-6-13-25(23)26/h3-7,9-17,26H,2,8,18-19H2,1H3,(H,29,31). The molecule has 4 nitrogen and oxygen atoms in total. The second kappa shape index (κ2) is 10.1. The van der Waals surface area contributed by atoms with Crippen molar-refractivity contribution in [2.24, 2.45) is 0 Å². The maximum Gasteiger partial charge on any atom is 0.407 e. The first-order valence-corrected chi connectivity index (χ1v) is 11.1. The number of rotatable bonds is 8. The SMILES string of the molecule is CCC(=O)c1ccc(C=CCCNC(=O)OCC2c3ccccc3-c3ccccc32)cc1. The van der Waals surface area contributed by atoms with Crippen molar-refractivity contribution in [2.45, 2.75) is 25.7 Å². The van der Waals surface area contributed by atoms with Crippen LogP contribution in [-0.2, 0) is 4.74 Å². The fourth-order valence-electron chi connectivity index (χ4n) is 4.11. The first-order chi connectivity index (χ1) is 15.7. The summed E-state index contributed by atoms with van der Waals surface area (Å²) in [7, 11) is 0. The Morgan fingerprint density at radius 2 is 1.53 bits per heavy atom. The normalized spacial score (nSPS) is 12.4. The first kappa shape index (κ1) is 21.6. The number of benzene rings is 3. The number of nitrogens with one attached hydrogen (secondary N) is 1. The number of ketones is 1. The van der Waals surface area contributed by atoms with Gasteiger partial charge in [-0.3, -0.25) is 4.79 Å². The molecule has 0 aliphatic heterocycles. The molecule has 32 heavy (non-hydrogen) atoms. The third-order valence-corrected chi connectivity index (χ3v) is 5.79. The Balaban J connectivity index is 1.24. The molecule has 1 N–H and O–H groups in total. The second-order valence-electron chi connectivity index (χ2n) is 7.84. The van der Waals surface area contributed by atoms with Gasteiger partial charge in [-0.1, -0.05) is 91.9 Å². The van der Waals surface area contributed by atoms with Gasteiger partial charge < -0.3 is 10.1 Å². The van der Waals surface area contributed by atoms with Gasteiger partial charge in [0.15, 0.2) is 5.78 Å². The number of ether oxygens (including phenoxy) is 1. The minimum absolute atomic E-state index is 0.0654. The zero-order valence-electron chi connectivity index (χ0n) is 18.2. The summed E-state index contributed by atoms with van der Waals surface area (Å²) in [6, 6.07) is 24.1. The number of fused-ring (bicyclic) bond motifs is 3. The third-order valence-electron chi connectivity index (χ3n) is 5.79. The minimum Gasteiger partial charge on any atom is -0.449 e. The van der Waals surface area contributed by atoms with Crippen LogP contribution >= 0.6 is 0 Å².